The Hall–Kier alpha value is -0.580. The summed E-state index contributed by atoms with van der Waals surface area (Å²) in [6.45, 7) is 8.46. The summed E-state index contributed by atoms with van der Waals surface area (Å²) in [5, 5.41) is 6.49. The van der Waals surface area contributed by atoms with Gasteiger partial charge >= 0.3 is 0 Å². The maximum atomic E-state index is 12.0. The fourth-order valence-electron chi connectivity index (χ4n) is 2.47. The zero-order chi connectivity index (χ0) is 17.5. The molecule has 0 aromatic carbocycles. The number of halogens is 1. The second-order valence-electron chi connectivity index (χ2n) is 6.31. The summed E-state index contributed by atoms with van der Waals surface area (Å²) in [5.74, 6) is 1.04. The van der Waals surface area contributed by atoms with Gasteiger partial charge in [-0.1, -0.05) is 13.8 Å². The van der Waals surface area contributed by atoms with Gasteiger partial charge < -0.3 is 15.5 Å². The number of carbonyl (C=O) groups excluding carboxylic acids is 1. The molecule has 1 aliphatic heterocycles. The smallest absolute Gasteiger partial charge is 0.225 e. The Morgan fingerprint density at radius 2 is 2.04 bits per heavy atom. The Morgan fingerprint density at radius 1 is 1.38 bits per heavy atom. The molecule has 1 rings (SSSR count). The average Bonchev–Trinajstić information content (AvgIpc) is 2.90. The highest BCUT2D eigenvalue weighted by Crippen LogP contribution is 2.12. The lowest BCUT2D eigenvalue weighted by molar-refractivity contribution is -0.133. The number of hydrogen-bond donors (Lipinski definition) is 2. The third kappa shape index (κ3) is 9.05. The van der Waals surface area contributed by atoms with Gasteiger partial charge in [0.2, 0.25) is 5.91 Å². The fourth-order valence-corrected chi connectivity index (χ4v) is 3.13. The van der Waals surface area contributed by atoms with Crippen molar-refractivity contribution < 1.29 is 13.2 Å². The summed E-state index contributed by atoms with van der Waals surface area (Å²) in [4.78, 5) is 18.3. The van der Waals surface area contributed by atoms with E-state index in [-0.39, 0.29) is 47.6 Å². The van der Waals surface area contributed by atoms with Crippen molar-refractivity contribution in [2.24, 2.45) is 10.9 Å². The molecule has 1 aliphatic rings. The van der Waals surface area contributed by atoms with Crippen LogP contribution in [0.25, 0.3) is 0 Å². The lowest BCUT2D eigenvalue weighted by atomic mass is 10.2. The van der Waals surface area contributed by atoms with Crippen LogP contribution in [0.4, 0.5) is 0 Å². The zero-order valence-corrected chi connectivity index (χ0v) is 18.2. The first-order valence-corrected chi connectivity index (χ1v) is 10.3. The van der Waals surface area contributed by atoms with Crippen LogP contribution in [0.2, 0.25) is 0 Å². The van der Waals surface area contributed by atoms with E-state index >= 15 is 0 Å². The summed E-state index contributed by atoms with van der Waals surface area (Å²) < 4.78 is 22.2. The van der Waals surface area contributed by atoms with E-state index < -0.39 is 9.84 Å². The predicted molar refractivity (Wildman–Crippen MR) is 109 cm³/mol. The van der Waals surface area contributed by atoms with Crippen molar-refractivity contribution in [3.8, 4) is 0 Å². The van der Waals surface area contributed by atoms with Gasteiger partial charge in [-0.25, -0.2) is 8.42 Å². The number of sulfone groups is 1. The van der Waals surface area contributed by atoms with Crippen molar-refractivity contribution in [2.45, 2.75) is 39.7 Å². The molecule has 1 amide bonds. The molecule has 0 aliphatic carbocycles. The first-order chi connectivity index (χ1) is 10.7. The van der Waals surface area contributed by atoms with Crippen molar-refractivity contribution in [3.05, 3.63) is 0 Å². The highest BCUT2D eigenvalue weighted by Gasteiger charge is 2.27. The predicted octanol–water partition coefficient (Wildman–Crippen LogP) is 0.851. The Balaban J connectivity index is 0.00000529. The molecular weight excluding hydrogens is 443 g/mol. The van der Waals surface area contributed by atoms with E-state index in [2.05, 4.69) is 15.6 Å². The van der Waals surface area contributed by atoms with Gasteiger partial charge in [0.15, 0.2) is 5.96 Å². The molecule has 1 unspecified atom stereocenters. The molecule has 9 heteroatoms. The molecule has 142 valence electrons. The van der Waals surface area contributed by atoms with Crippen molar-refractivity contribution in [1.29, 1.82) is 0 Å². The Bertz CT molecular complexity index is 523. The van der Waals surface area contributed by atoms with Crippen LogP contribution in [0, 0.1) is 5.92 Å². The number of hydrogen-bond acceptors (Lipinski definition) is 4. The first kappa shape index (κ1) is 23.4. The molecule has 24 heavy (non-hydrogen) atoms. The second-order valence-corrected chi connectivity index (χ2v) is 8.57. The number of nitrogens with one attached hydrogen (secondary N) is 2. The lowest BCUT2D eigenvalue weighted by Crippen LogP contribution is -2.45. The van der Waals surface area contributed by atoms with Gasteiger partial charge in [-0.3, -0.25) is 9.79 Å². The maximum absolute atomic E-state index is 12.0. The molecule has 0 aromatic rings. The van der Waals surface area contributed by atoms with Crippen molar-refractivity contribution >= 4 is 45.7 Å². The van der Waals surface area contributed by atoms with Crippen LogP contribution in [-0.2, 0) is 14.6 Å². The van der Waals surface area contributed by atoms with E-state index in [1.807, 2.05) is 25.7 Å². The first-order valence-electron chi connectivity index (χ1n) is 8.24. The normalized spacial score (nSPS) is 18.5. The quantitative estimate of drug-likeness (QED) is 0.247. The summed E-state index contributed by atoms with van der Waals surface area (Å²) in [6.07, 6.45) is 2.64. The molecule has 1 atom stereocenters. The number of likely N-dealkylation sites (tertiary alicyclic amines) is 1. The van der Waals surface area contributed by atoms with Crippen LogP contribution in [-0.4, -0.2) is 69.4 Å². The van der Waals surface area contributed by atoms with Crippen molar-refractivity contribution in [2.75, 3.05) is 38.2 Å². The van der Waals surface area contributed by atoms with Crippen LogP contribution in [0.1, 0.15) is 33.6 Å². The molecule has 1 saturated heterocycles. The monoisotopic (exact) mass is 474 g/mol. The molecule has 2 N–H and O–H groups in total. The second kappa shape index (κ2) is 11.1. The van der Waals surface area contributed by atoms with E-state index in [0.29, 0.717) is 25.5 Å². The number of carbonyl (C=O) groups is 1. The standard InChI is InChI=1S/C15H30N4O3S.HI/c1-5-16-15(17-8-6-10-23(4,21)22)18-13-7-9-19(11-13)14(20)12(2)3;/h12-13H,5-11H2,1-4H3,(H2,16,17,18);1H. The topological polar surface area (TPSA) is 90.9 Å². The highest BCUT2D eigenvalue weighted by molar-refractivity contribution is 14.0. The minimum atomic E-state index is -2.94. The Kier molecular flexibility index (Phi) is 10.8. The van der Waals surface area contributed by atoms with E-state index in [0.717, 1.165) is 19.5 Å². The summed E-state index contributed by atoms with van der Waals surface area (Å²) in [6, 6.07) is 0.186. The lowest BCUT2D eigenvalue weighted by Gasteiger charge is -2.20. The number of rotatable bonds is 7. The zero-order valence-electron chi connectivity index (χ0n) is 15.0. The minimum Gasteiger partial charge on any atom is -0.357 e. The number of nitrogens with zero attached hydrogens (tertiary/aromatic N) is 2. The van der Waals surface area contributed by atoms with Crippen molar-refractivity contribution in [1.82, 2.24) is 15.5 Å². The van der Waals surface area contributed by atoms with Gasteiger partial charge in [0.1, 0.15) is 9.84 Å². The molecule has 0 aromatic heterocycles. The van der Waals surface area contributed by atoms with Crippen LogP contribution in [0.3, 0.4) is 0 Å². The maximum Gasteiger partial charge on any atom is 0.225 e. The van der Waals surface area contributed by atoms with E-state index in [1.54, 1.807) is 0 Å². The largest absolute Gasteiger partial charge is 0.357 e. The number of aliphatic imine (C=N–C) groups is 1. The number of guanidine groups is 1. The summed E-state index contributed by atoms with van der Waals surface area (Å²) in [7, 11) is -2.94. The van der Waals surface area contributed by atoms with Crippen LogP contribution >= 0.6 is 24.0 Å². The Morgan fingerprint density at radius 3 is 2.58 bits per heavy atom. The number of amides is 1. The van der Waals surface area contributed by atoms with E-state index in [4.69, 9.17) is 0 Å². The van der Waals surface area contributed by atoms with Crippen LogP contribution in [0.5, 0.6) is 0 Å². The van der Waals surface area contributed by atoms with Gasteiger partial charge in [-0.05, 0) is 19.8 Å². The molecule has 0 spiro atoms. The van der Waals surface area contributed by atoms with E-state index in [9.17, 15) is 13.2 Å². The van der Waals surface area contributed by atoms with Gasteiger partial charge in [-0.15, -0.1) is 24.0 Å². The van der Waals surface area contributed by atoms with Gasteiger partial charge in [0.25, 0.3) is 0 Å². The van der Waals surface area contributed by atoms with Gasteiger partial charge in [0.05, 0.1) is 5.75 Å². The molecule has 0 radical (unpaired) electrons. The molecule has 7 nitrogen and oxygen atoms in total. The summed E-state index contributed by atoms with van der Waals surface area (Å²) >= 11 is 0. The molecule has 0 saturated carbocycles. The average molecular weight is 474 g/mol. The Labute approximate surface area is 163 Å². The van der Waals surface area contributed by atoms with E-state index in [1.165, 1.54) is 6.26 Å². The van der Waals surface area contributed by atoms with Gasteiger partial charge in [0, 0.05) is 44.4 Å². The van der Waals surface area contributed by atoms with Crippen LogP contribution in [0.15, 0.2) is 4.99 Å². The third-order valence-electron chi connectivity index (χ3n) is 3.62. The molecule has 1 heterocycles. The molecule has 1 fully saturated rings. The SMILES string of the molecule is CCNC(=NCCCS(C)(=O)=O)NC1CCN(C(=O)C(C)C)C1.I. The minimum absolute atomic E-state index is 0. The van der Waals surface area contributed by atoms with Crippen LogP contribution < -0.4 is 10.6 Å². The van der Waals surface area contributed by atoms with Crippen molar-refractivity contribution in [3.63, 3.8) is 0 Å². The fraction of sp³-hybridized carbons (Fsp3) is 0.867. The molecular formula is C15H31IN4O3S. The molecule has 0 bridgehead atoms. The third-order valence-corrected chi connectivity index (χ3v) is 4.65. The highest BCUT2D eigenvalue weighted by atomic mass is 127. The summed E-state index contributed by atoms with van der Waals surface area (Å²) in [5.41, 5.74) is 0. The van der Waals surface area contributed by atoms with Gasteiger partial charge in [-0.2, -0.15) is 0 Å².